The SMILES string of the molecule is CN1C(C(=O)Nc2ccc(F)c(Cl)c2)CC(c2cc(Br)c(Cl)s2)NS1(=O)=O. The summed E-state index contributed by atoms with van der Waals surface area (Å²) in [5.41, 5.74) is 0.272. The van der Waals surface area contributed by atoms with Gasteiger partial charge in [-0.3, -0.25) is 4.79 Å². The standard InChI is InChI=1S/C15H13BrCl2FN3O3S2/c1-22-12(15(23)20-7-2-3-10(19)9(17)4-7)6-11(21-27(22,24)25)13-5-8(16)14(18)26-13/h2-5,11-12,21H,6H2,1H3,(H,20,23). The summed E-state index contributed by atoms with van der Waals surface area (Å²) in [6.45, 7) is 0. The summed E-state index contributed by atoms with van der Waals surface area (Å²) < 4.78 is 42.8. The molecule has 27 heavy (non-hydrogen) atoms. The van der Waals surface area contributed by atoms with Crippen LogP contribution in [0.4, 0.5) is 10.1 Å². The number of anilines is 1. The van der Waals surface area contributed by atoms with Crippen molar-refractivity contribution in [3.8, 4) is 0 Å². The van der Waals surface area contributed by atoms with Crippen molar-refractivity contribution in [3.05, 3.63) is 48.8 Å². The number of halogens is 4. The van der Waals surface area contributed by atoms with Gasteiger partial charge in [0, 0.05) is 22.1 Å². The number of carbonyl (C=O) groups excluding carboxylic acids is 1. The summed E-state index contributed by atoms with van der Waals surface area (Å²) >= 11 is 16.3. The van der Waals surface area contributed by atoms with Crippen molar-refractivity contribution in [2.24, 2.45) is 0 Å². The lowest BCUT2D eigenvalue weighted by atomic mass is 10.1. The first-order valence-corrected chi connectivity index (χ1v) is 11.3. The zero-order chi connectivity index (χ0) is 19.9. The van der Waals surface area contributed by atoms with Crippen LogP contribution in [-0.4, -0.2) is 31.7 Å². The fraction of sp³-hybridized carbons (Fsp3) is 0.267. The van der Waals surface area contributed by atoms with E-state index >= 15 is 0 Å². The molecular formula is C15H13BrCl2FN3O3S2. The maximum atomic E-state index is 13.3. The van der Waals surface area contributed by atoms with Gasteiger partial charge >= 0.3 is 0 Å². The molecule has 2 heterocycles. The molecule has 3 rings (SSSR count). The van der Waals surface area contributed by atoms with Crippen LogP contribution in [0.25, 0.3) is 0 Å². The first-order valence-electron chi connectivity index (χ1n) is 7.54. The van der Waals surface area contributed by atoms with Gasteiger partial charge in [-0.05, 0) is 46.6 Å². The van der Waals surface area contributed by atoms with Gasteiger partial charge in [-0.15, -0.1) is 11.3 Å². The number of benzene rings is 1. The molecule has 2 aromatic rings. The lowest BCUT2D eigenvalue weighted by molar-refractivity contribution is -0.120. The molecular weight excluding hydrogens is 504 g/mol. The van der Waals surface area contributed by atoms with Crippen LogP contribution in [0.1, 0.15) is 17.3 Å². The van der Waals surface area contributed by atoms with Gasteiger partial charge in [-0.25, -0.2) is 4.39 Å². The van der Waals surface area contributed by atoms with Crippen LogP contribution in [0, 0.1) is 5.82 Å². The van der Waals surface area contributed by atoms with Gasteiger partial charge in [0.05, 0.1) is 11.1 Å². The average Bonchev–Trinajstić information content (AvgIpc) is 2.92. The van der Waals surface area contributed by atoms with Gasteiger partial charge < -0.3 is 5.32 Å². The van der Waals surface area contributed by atoms with E-state index in [0.717, 1.165) is 10.4 Å². The minimum atomic E-state index is -3.88. The normalized spacial score (nSPS) is 22.6. The Balaban J connectivity index is 1.85. The highest BCUT2D eigenvalue weighted by Crippen LogP contribution is 2.38. The number of likely N-dealkylation sites (N-methyl/N-ethyl adjacent to an activating group) is 1. The third kappa shape index (κ3) is 4.47. The first-order chi connectivity index (χ1) is 12.6. The number of rotatable bonds is 3. The molecule has 0 aliphatic carbocycles. The molecule has 1 amide bonds. The van der Waals surface area contributed by atoms with E-state index < -0.39 is 34.0 Å². The molecule has 146 valence electrons. The number of nitrogens with zero attached hydrogens (tertiary/aromatic N) is 1. The molecule has 1 aromatic carbocycles. The second-order valence-corrected chi connectivity index (χ2v) is 10.5. The predicted molar refractivity (Wildman–Crippen MR) is 108 cm³/mol. The fourth-order valence-corrected chi connectivity index (χ4v) is 5.95. The van der Waals surface area contributed by atoms with Crippen molar-refractivity contribution >= 4 is 72.3 Å². The van der Waals surface area contributed by atoms with Gasteiger partial charge in [-0.2, -0.15) is 17.4 Å². The van der Waals surface area contributed by atoms with E-state index in [1.54, 1.807) is 6.07 Å². The summed E-state index contributed by atoms with van der Waals surface area (Å²) in [6.07, 6.45) is 0.194. The van der Waals surface area contributed by atoms with E-state index in [-0.39, 0.29) is 17.1 Å². The zero-order valence-corrected chi connectivity index (χ0v) is 18.4. The molecule has 1 saturated heterocycles. The average molecular weight is 517 g/mol. The topological polar surface area (TPSA) is 78.5 Å². The Morgan fingerprint density at radius 2 is 2.11 bits per heavy atom. The van der Waals surface area contributed by atoms with Gasteiger partial charge in [0.2, 0.25) is 5.91 Å². The minimum absolute atomic E-state index is 0.143. The van der Waals surface area contributed by atoms with E-state index in [4.69, 9.17) is 23.2 Å². The highest BCUT2D eigenvalue weighted by molar-refractivity contribution is 9.10. The Kier molecular flexibility index (Phi) is 6.17. The number of nitrogens with one attached hydrogen (secondary N) is 2. The molecule has 1 aromatic heterocycles. The van der Waals surface area contributed by atoms with Crippen molar-refractivity contribution in [3.63, 3.8) is 0 Å². The molecule has 0 bridgehead atoms. The molecule has 2 N–H and O–H groups in total. The predicted octanol–water partition coefficient (Wildman–Crippen LogP) is 4.17. The lowest BCUT2D eigenvalue weighted by Gasteiger charge is -2.35. The Bertz CT molecular complexity index is 983. The molecule has 1 aliphatic heterocycles. The van der Waals surface area contributed by atoms with Gasteiger partial charge in [-0.1, -0.05) is 23.2 Å². The van der Waals surface area contributed by atoms with Crippen LogP contribution in [-0.2, 0) is 15.0 Å². The summed E-state index contributed by atoms with van der Waals surface area (Å²) in [6, 6.07) is 3.88. The van der Waals surface area contributed by atoms with Crippen LogP contribution in [0.3, 0.4) is 0 Å². The van der Waals surface area contributed by atoms with Crippen LogP contribution in [0.5, 0.6) is 0 Å². The van der Waals surface area contributed by atoms with Crippen molar-refractivity contribution in [2.75, 3.05) is 12.4 Å². The quantitative estimate of drug-likeness (QED) is 0.642. The smallest absolute Gasteiger partial charge is 0.280 e. The second kappa shape index (κ2) is 7.94. The maximum absolute atomic E-state index is 13.3. The minimum Gasteiger partial charge on any atom is -0.325 e. The van der Waals surface area contributed by atoms with Crippen molar-refractivity contribution in [1.29, 1.82) is 0 Å². The van der Waals surface area contributed by atoms with Crippen LogP contribution < -0.4 is 10.0 Å². The summed E-state index contributed by atoms with van der Waals surface area (Å²) in [5, 5.41) is 2.44. The van der Waals surface area contributed by atoms with Gasteiger partial charge in [0.25, 0.3) is 10.2 Å². The highest BCUT2D eigenvalue weighted by atomic mass is 79.9. The Labute approximate surface area is 178 Å². The fourth-order valence-electron chi connectivity index (χ4n) is 2.63. The number of hydrogen-bond acceptors (Lipinski definition) is 4. The Morgan fingerprint density at radius 1 is 1.41 bits per heavy atom. The third-order valence-corrected chi connectivity index (χ3v) is 8.54. The molecule has 0 radical (unpaired) electrons. The number of thiophene rings is 1. The molecule has 12 heteroatoms. The molecule has 1 aliphatic rings. The molecule has 2 atom stereocenters. The van der Waals surface area contributed by atoms with Gasteiger partial charge in [0.1, 0.15) is 16.2 Å². The largest absolute Gasteiger partial charge is 0.325 e. The van der Waals surface area contributed by atoms with Crippen molar-refractivity contribution in [2.45, 2.75) is 18.5 Å². The second-order valence-electron chi connectivity index (χ2n) is 5.83. The summed E-state index contributed by atoms with van der Waals surface area (Å²) in [5.74, 6) is -1.16. The summed E-state index contributed by atoms with van der Waals surface area (Å²) in [4.78, 5) is 13.4. The zero-order valence-electron chi connectivity index (χ0n) is 13.7. The molecule has 2 unspecified atom stereocenters. The summed E-state index contributed by atoms with van der Waals surface area (Å²) in [7, 11) is -2.56. The van der Waals surface area contributed by atoms with E-state index in [1.807, 2.05) is 0 Å². The van der Waals surface area contributed by atoms with Crippen LogP contribution in [0.15, 0.2) is 28.7 Å². The van der Waals surface area contributed by atoms with E-state index in [0.29, 0.717) is 13.7 Å². The molecule has 0 saturated carbocycles. The van der Waals surface area contributed by atoms with Crippen LogP contribution in [0.2, 0.25) is 9.36 Å². The monoisotopic (exact) mass is 515 g/mol. The lowest BCUT2D eigenvalue weighted by Crippen LogP contribution is -2.55. The maximum Gasteiger partial charge on any atom is 0.280 e. The molecule has 1 fully saturated rings. The van der Waals surface area contributed by atoms with E-state index in [9.17, 15) is 17.6 Å². The van der Waals surface area contributed by atoms with Gasteiger partial charge in [0.15, 0.2) is 0 Å². The van der Waals surface area contributed by atoms with Crippen molar-refractivity contribution < 1.29 is 17.6 Å². The van der Waals surface area contributed by atoms with Crippen molar-refractivity contribution in [1.82, 2.24) is 9.03 Å². The van der Waals surface area contributed by atoms with E-state index in [2.05, 4.69) is 26.0 Å². The Hall–Kier alpha value is -0.750. The third-order valence-electron chi connectivity index (χ3n) is 4.07. The number of amides is 1. The number of carbonyl (C=O) groups is 1. The molecule has 0 spiro atoms. The van der Waals surface area contributed by atoms with Crippen LogP contribution >= 0.6 is 50.5 Å². The number of hydrogen-bond donors (Lipinski definition) is 2. The molecule has 6 nitrogen and oxygen atoms in total. The highest BCUT2D eigenvalue weighted by Gasteiger charge is 2.41. The van der Waals surface area contributed by atoms with E-state index in [1.165, 1.54) is 30.5 Å². The first kappa shape index (κ1) is 21.0. The Morgan fingerprint density at radius 3 is 2.70 bits per heavy atom.